The highest BCUT2D eigenvalue weighted by Gasteiger charge is 2.33. The van der Waals surface area contributed by atoms with Gasteiger partial charge in [-0.25, -0.2) is 4.79 Å². The van der Waals surface area contributed by atoms with Gasteiger partial charge in [0.05, 0.1) is 12.5 Å². The second kappa shape index (κ2) is 14.8. The van der Waals surface area contributed by atoms with Crippen LogP contribution >= 0.6 is 0 Å². The molecule has 0 rings (SSSR count). The second-order valence-electron chi connectivity index (χ2n) is 8.42. The van der Waals surface area contributed by atoms with E-state index in [1.54, 1.807) is 20.8 Å². The fraction of sp³-hybridized carbons (Fsp3) is 0.714. The predicted octanol–water partition coefficient (Wildman–Crippen LogP) is -1.91. The summed E-state index contributed by atoms with van der Waals surface area (Å²) in [6.07, 6.45) is -0.0373. The Morgan fingerprint density at radius 2 is 1.26 bits per heavy atom. The zero-order valence-electron chi connectivity index (χ0n) is 20.1. The molecule has 6 atom stereocenters. The van der Waals surface area contributed by atoms with Gasteiger partial charge in [0.25, 0.3) is 0 Å². The first-order valence-electron chi connectivity index (χ1n) is 11.2. The van der Waals surface area contributed by atoms with Crippen LogP contribution in [0.2, 0.25) is 0 Å². The van der Waals surface area contributed by atoms with Crippen molar-refractivity contribution >= 4 is 35.5 Å². The average Bonchev–Trinajstić information content (AvgIpc) is 2.76. The normalized spacial score (nSPS) is 16.1. The largest absolute Gasteiger partial charge is 0.480 e. The molecule has 0 bridgehead atoms. The van der Waals surface area contributed by atoms with Gasteiger partial charge < -0.3 is 38.3 Å². The summed E-state index contributed by atoms with van der Waals surface area (Å²) in [6, 6.07) is -4.98. The summed E-state index contributed by atoms with van der Waals surface area (Å²) < 4.78 is 0. The van der Waals surface area contributed by atoms with Crippen LogP contribution in [0.3, 0.4) is 0 Å². The van der Waals surface area contributed by atoms with Crippen LogP contribution in [0, 0.1) is 11.8 Å². The van der Waals surface area contributed by atoms with Gasteiger partial charge in [0.15, 0.2) is 0 Å². The minimum absolute atomic E-state index is 0.208. The van der Waals surface area contributed by atoms with Crippen LogP contribution in [-0.4, -0.2) is 64.8 Å². The molecular formula is C21H38N6O7. The molecule has 6 unspecified atom stereocenters. The summed E-state index contributed by atoms with van der Waals surface area (Å²) in [5.41, 5.74) is 16.2. The predicted molar refractivity (Wildman–Crippen MR) is 123 cm³/mol. The number of rotatable bonds is 16. The van der Waals surface area contributed by atoms with E-state index in [9.17, 15) is 33.9 Å². The van der Waals surface area contributed by atoms with Crippen molar-refractivity contribution in [2.45, 2.75) is 84.0 Å². The molecule has 10 N–H and O–H groups in total. The Bertz CT molecular complexity index is 760. The number of hydrogen-bond donors (Lipinski definition) is 7. The number of carbonyl (C=O) groups excluding carboxylic acids is 5. The molecule has 0 radical (unpaired) electrons. The number of carbonyl (C=O) groups is 6. The number of carboxylic acids is 1. The number of carboxylic acid groups (broad SMARTS) is 1. The summed E-state index contributed by atoms with van der Waals surface area (Å²) in [5, 5.41) is 16.5. The van der Waals surface area contributed by atoms with Gasteiger partial charge in [-0.05, 0) is 18.3 Å². The topological polar surface area (TPSA) is 237 Å². The molecule has 0 saturated carbocycles. The molecule has 0 spiro atoms. The van der Waals surface area contributed by atoms with E-state index >= 15 is 0 Å². The summed E-state index contributed by atoms with van der Waals surface area (Å²) in [7, 11) is 0. The highest BCUT2D eigenvalue weighted by atomic mass is 16.4. The Morgan fingerprint density at radius 3 is 1.71 bits per heavy atom. The average molecular weight is 487 g/mol. The molecular weight excluding hydrogens is 448 g/mol. The lowest BCUT2D eigenvalue weighted by Crippen LogP contribution is -2.58. The molecule has 13 heteroatoms. The van der Waals surface area contributed by atoms with Crippen molar-refractivity contribution < 1.29 is 33.9 Å². The minimum atomic E-state index is -1.44. The maximum absolute atomic E-state index is 12.9. The quantitative estimate of drug-likeness (QED) is 0.129. The van der Waals surface area contributed by atoms with Crippen LogP contribution in [0.25, 0.3) is 0 Å². The van der Waals surface area contributed by atoms with Crippen LogP contribution in [0.5, 0.6) is 0 Å². The summed E-state index contributed by atoms with van der Waals surface area (Å²) >= 11 is 0. The van der Waals surface area contributed by atoms with E-state index in [1.807, 2.05) is 6.92 Å². The highest BCUT2D eigenvalue weighted by Crippen LogP contribution is 2.10. The summed E-state index contributed by atoms with van der Waals surface area (Å²) in [4.78, 5) is 72.3. The van der Waals surface area contributed by atoms with E-state index in [0.29, 0.717) is 12.8 Å². The molecule has 0 aromatic carbocycles. The number of aliphatic carboxylic acids is 1. The molecule has 194 valence electrons. The van der Waals surface area contributed by atoms with Crippen molar-refractivity contribution in [2.24, 2.45) is 29.0 Å². The Hall–Kier alpha value is -3.22. The van der Waals surface area contributed by atoms with Gasteiger partial charge in [0, 0.05) is 6.42 Å². The zero-order valence-corrected chi connectivity index (χ0v) is 20.1. The SMILES string of the molecule is CCC(C)C(N)C(=O)NC(CC(N)=O)C(=O)NC(CCC(N)=O)C(=O)NC(C(=O)O)C(C)CC. The van der Waals surface area contributed by atoms with Crippen LogP contribution < -0.4 is 33.2 Å². The van der Waals surface area contributed by atoms with Crippen molar-refractivity contribution in [1.82, 2.24) is 16.0 Å². The van der Waals surface area contributed by atoms with Gasteiger partial charge in [-0.3, -0.25) is 24.0 Å². The smallest absolute Gasteiger partial charge is 0.326 e. The molecule has 0 heterocycles. The number of hydrogen-bond acceptors (Lipinski definition) is 7. The zero-order chi connectivity index (χ0) is 26.6. The third-order valence-electron chi connectivity index (χ3n) is 5.69. The molecule has 0 aliphatic rings. The van der Waals surface area contributed by atoms with Gasteiger partial charge in [-0.1, -0.05) is 40.5 Å². The van der Waals surface area contributed by atoms with E-state index in [0.717, 1.165) is 0 Å². The first-order chi connectivity index (χ1) is 15.7. The van der Waals surface area contributed by atoms with Gasteiger partial charge in [0.2, 0.25) is 29.5 Å². The van der Waals surface area contributed by atoms with E-state index in [-0.39, 0.29) is 18.8 Å². The lowest BCUT2D eigenvalue weighted by molar-refractivity contribution is -0.144. The van der Waals surface area contributed by atoms with Crippen LogP contribution in [0.1, 0.15) is 59.8 Å². The number of primary amides is 2. The summed E-state index contributed by atoms with van der Waals surface area (Å²) in [5.74, 6) is -6.00. The molecule has 0 aromatic rings. The maximum atomic E-state index is 12.9. The fourth-order valence-corrected chi connectivity index (χ4v) is 2.96. The third kappa shape index (κ3) is 10.6. The Morgan fingerprint density at radius 1 is 0.765 bits per heavy atom. The Labute approximate surface area is 198 Å². The fourth-order valence-electron chi connectivity index (χ4n) is 2.96. The van der Waals surface area contributed by atoms with E-state index in [2.05, 4.69) is 16.0 Å². The van der Waals surface area contributed by atoms with Crippen molar-refractivity contribution in [3.8, 4) is 0 Å². The van der Waals surface area contributed by atoms with Crippen molar-refractivity contribution in [3.63, 3.8) is 0 Å². The Kier molecular flexibility index (Phi) is 13.4. The van der Waals surface area contributed by atoms with E-state index in [1.165, 1.54) is 0 Å². The monoisotopic (exact) mass is 486 g/mol. The van der Waals surface area contributed by atoms with Crippen LogP contribution in [0.4, 0.5) is 0 Å². The first-order valence-corrected chi connectivity index (χ1v) is 11.2. The van der Waals surface area contributed by atoms with Crippen molar-refractivity contribution in [1.29, 1.82) is 0 Å². The van der Waals surface area contributed by atoms with Crippen LogP contribution in [-0.2, 0) is 28.8 Å². The van der Waals surface area contributed by atoms with Crippen LogP contribution in [0.15, 0.2) is 0 Å². The number of nitrogens with one attached hydrogen (secondary N) is 3. The molecule has 34 heavy (non-hydrogen) atoms. The minimum Gasteiger partial charge on any atom is -0.480 e. The molecule has 0 aromatic heterocycles. The standard InChI is InChI=1S/C21H38N6O7/c1-5-10(3)16(24)20(32)26-13(9-15(23)29)19(31)25-12(7-8-14(22)28)18(30)27-17(21(33)34)11(4)6-2/h10-13,16-17H,5-9,24H2,1-4H3,(H2,22,28)(H2,23,29)(H,25,31)(H,26,32)(H,27,30)(H,33,34). The van der Waals surface area contributed by atoms with Crippen molar-refractivity contribution in [3.05, 3.63) is 0 Å². The summed E-state index contributed by atoms with van der Waals surface area (Å²) in [6.45, 7) is 6.96. The van der Waals surface area contributed by atoms with E-state index < -0.39 is 72.0 Å². The van der Waals surface area contributed by atoms with Gasteiger partial charge >= 0.3 is 5.97 Å². The molecule has 0 aliphatic heterocycles. The molecule has 0 fully saturated rings. The van der Waals surface area contributed by atoms with Crippen molar-refractivity contribution in [2.75, 3.05) is 0 Å². The number of amides is 5. The van der Waals surface area contributed by atoms with E-state index in [4.69, 9.17) is 17.2 Å². The molecule has 0 saturated heterocycles. The van der Waals surface area contributed by atoms with Gasteiger partial charge in [-0.2, -0.15) is 0 Å². The molecule has 5 amide bonds. The lowest BCUT2D eigenvalue weighted by Gasteiger charge is -2.26. The maximum Gasteiger partial charge on any atom is 0.326 e. The molecule has 0 aliphatic carbocycles. The lowest BCUT2D eigenvalue weighted by atomic mass is 9.98. The first kappa shape index (κ1) is 30.8. The third-order valence-corrected chi connectivity index (χ3v) is 5.69. The molecule has 13 nitrogen and oxygen atoms in total. The Balaban J connectivity index is 5.68. The highest BCUT2D eigenvalue weighted by molar-refractivity contribution is 5.96. The number of nitrogens with two attached hydrogens (primary N) is 3. The van der Waals surface area contributed by atoms with Gasteiger partial charge in [0.1, 0.15) is 18.1 Å². The van der Waals surface area contributed by atoms with Gasteiger partial charge in [-0.15, -0.1) is 0 Å². The second-order valence-corrected chi connectivity index (χ2v) is 8.42.